The van der Waals surface area contributed by atoms with Gasteiger partial charge in [-0.3, -0.25) is 0 Å². The Hall–Kier alpha value is -1.18. The number of unbranched alkanes of at least 4 members (excludes halogenated alkanes) is 2. The molecule has 0 atom stereocenters. The molecule has 1 nitrogen and oxygen atoms in total. The maximum absolute atomic E-state index is 14.5. The van der Waals surface area contributed by atoms with Crippen molar-refractivity contribution in [3.63, 3.8) is 0 Å². The molecule has 0 aliphatic heterocycles. The normalized spacial score (nSPS) is 28.3. The van der Waals surface area contributed by atoms with Gasteiger partial charge >= 0.3 is 0 Å². The maximum atomic E-state index is 14.5. The molecule has 3 aliphatic carbocycles. The summed E-state index contributed by atoms with van der Waals surface area (Å²) in [5.41, 5.74) is 1.18. The second-order valence-electron chi connectivity index (χ2n) is 12.3. The largest absolute Gasteiger partial charge is 0.491 e. The minimum Gasteiger partial charge on any atom is -0.491 e. The molecule has 196 valence electrons. The van der Waals surface area contributed by atoms with E-state index in [1.807, 2.05) is 6.07 Å². The minimum atomic E-state index is -0.181. The van der Waals surface area contributed by atoms with E-state index in [9.17, 15) is 4.39 Å². The summed E-state index contributed by atoms with van der Waals surface area (Å²) < 4.78 is 20.1. The average Bonchev–Trinajstić information content (AvgIpc) is 2.89. The van der Waals surface area contributed by atoms with Gasteiger partial charge in [0.05, 0.1) is 19.4 Å². The molecule has 0 N–H and O–H groups in total. The lowest BCUT2D eigenvalue weighted by atomic mass is 9.69. The van der Waals surface area contributed by atoms with Gasteiger partial charge in [0.15, 0.2) is 11.6 Å². The molecule has 0 aromatic heterocycles. The van der Waals surface area contributed by atoms with Gasteiger partial charge in [0.25, 0.3) is 0 Å². The molecule has 2 heteroatoms. The Kier molecular flexibility index (Phi) is 10.7. The van der Waals surface area contributed by atoms with Crippen molar-refractivity contribution >= 4 is 0 Å². The zero-order valence-electron chi connectivity index (χ0n) is 22.5. The third-order valence-electron chi connectivity index (χ3n) is 9.80. The van der Waals surface area contributed by atoms with Crippen LogP contribution in [-0.4, -0.2) is 6.61 Å². The number of hydrogen-bond acceptors (Lipinski definition) is 1. The highest BCUT2D eigenvalue weighted by Gasteiger charge is 2.31. The molecule has 35 heavy (non-hydrogen) atoms. The fourth-order valence-corrected chi connectivity index (χ4v) is 7.33. The van der Waals surface area contributed by atoms with Gasteiger partial charge in [0.2, 0.25) is 0 Å². The van der Waals surface area contributed by atoms with Crippen LogP contribution in [0.2, 0.25) is 0 Å². The van der Waals surface area contributed by atoms with E-state index >= 15 is 0 Å². The first-order valence-electron chi connectivity index (χ1n) is 15.2. The molecule has 1 aromatic rings. The second-order valence-corrected chi connectivity index (χ2v) is 12.3. The molecule has 0 heterocycles. The fraction of sp³-hybridized carbons (Fsp3) is 0.758. The lowest BCUT2D eigenvalue weighted by Gasteiger charge is -2.36. The molecular formula is C33H51FO. The summed E-state index contributed by atoms with van der Waals surface area (Å²) in [6.07, 6.45) is 24.3. The van der Waals surface area contributed by atoms with E-state index in [0.717, 1.165) is 36.5 Å². The van der Waals surface area contributed by atoms with E-state index < -0.39 is 0 Å². The van der Waals surface area contributed by atoms with Crippen LogP contribution in [0.3, 0.4) is 0 Å². The predicted octanol–water partition coefficient (Wildman–Crippen LogP) is 10.2. The van der Waals surface area contributed by atoms with Crippen LogP contribution >= 0.6 is 0 Å². The smallest absolute Gasteiger partial charge is 0.165 e. The van der Waals surface area contributed by atoms with Gasteiger partial charge in [0.1, 0.15) is 0 Å². The Morgan fingerprint density at radius 1 is 0.829 bits per heavy atom. The second kappa shape index (κ2) is 13.9. The molecule has 4 rings (SSSR count). The Balaban J connectivity index is 1.07. The molecule has 3 aliphatic rings. The first-order chi connectivity index (χ1) is 17.1. The summed E-state index contributed by atoms with van der Waals surface area (Å²) in [6, 6.07) is 5.70. The van der Waals surface area contributed by atoms with Gasteiger partial charge in [-0.15, -0.1) is 6.92 Å². The van der Waals surface area contributed by atoms with Gasteiger partial charge < -0.3 is 4.74 Å². The zero-order chi connectivity index (χ0) is 24.5. The summed E-state index contributed by atoms with van der Waals surface area (Å²) in [7, 11) is 0. The summed E-state index contributed by atoms with van der Waals surface area (Å²) >= 11 is 0. The molecule has 0 bridgehead atoms. The molecular weight excluding hydrogens is 431 g/mol. The minimum absolute atomic E-state index is 0.181. The molecule has 0 saturated heterocycles. The van der Waals surface area contributed by atoms with Crippen molar-refractivity contribution in [2.24, 2.45) is 23.7 Å². The average molecular weight is 483 g/mol. The predicted molar refractivity (Wildman–Crippen MR) is 146 cm³/mol. The highest BCUT2D eigenvalue weighted by molar-refractivity contribution is 5.31. The van der Waals surface area contributed by atoms with Crippen molar-refractivity contribution in [3.05, 3.63) is 42.4 Å². The molecule has 0 radical (unpaired) electrons. The van der Waals surface area contributed by atoms with Crippen LogP contribution in [-0.2, 0) is 0 Å². The number of ether oxygens (including phenoxy) is 1. The number of benzene rings is 1. The number of halogens is 1. The lowest BCUT2D eigenvalue weighted by molar-refractivity contribution is 0.168. The maximum Gasteiger partial charge on any atom is 0.165 e. The molecule has 1 aromatic carbocycles. The lowest BCUT2D eigenvalue weighted by Crippen LogP contribution is -2.25. The van der Waals surface area contributed by atoms with E-state index in [1.54, 1.807) is 6.07 Å². The van der Waals surface area contributed by atoms with Gasteiger partial charge in [-0.05, 0) is 105 Å². The Morgan fingerprint density at radius 2 is 1.43 bits per heavy atom. The highest BCUT2D eigenvalue weighted by Crippen LogP contribution is 2.43. The molecule has 0 unspecified atom stereocenters. The van der Waals surface area contributed by atoms with Crippen LogP contribution in [0.25, 0.3) is 0 Å². The van der Waals surface area contributed by atoms with Crippen LogP contribution < -0.4 is 4.74 Å². The summed E-state index contributed by atoms with van der Waals surface area (Å²) in [5.74, 6) is 6.19. The van der Waals surface area contributed by atoms with Crippen LogP contribution in [0.15, 0.2) is 18.2 Å². The molecule has 0 spiro atoms. The van der Waals surface area contributed by atoms with Gasteiger partial charge in [-0.2, -0.15) is 0 Å². The summed E-state index contributed by atoms with van der Waals surface area (Å²) in [5, 5.41) is 0. The quantitative estimate of drug-likeness (QED) is 0.225. The van der Waals surface area contributed by atoms with Crippen LogP contribution in [0.4, 0.5) is 4.39 Å². The first-order valence-corrected chi connectivity index (χ1v) is 15.2. The number of rotatable bonds is 11. The van der Waals surface area contributed by atoms with Crippen molar-refractivity contribution in [2.75, 3.05) is 6.61 Å². The Labute approximate surface area is 216 Å². The number of hydrogen-bond donors (Lipinski definition) is 0. The van der Waals surface area contributed by atoms with E-state index in [0.29, 0.717) is 18.3 Å². The Morgan fingerprint density at radius 3 is 2.03 bits per heavy atom. The van der Waals surface area contributed by atoms with Gasteiger partial charge in [-0.1, -0.05) is 63.9 Å². The van der Waals surface area contributed by atoms with E-state index in [1.165, 1.54) is 114 Å². The van der Waals surface area contributed by atoms with E-state index in [4.69, 9.17) is 4.74 Å². The third-order valence-corrected chi connectivity index (χ3v) is 9.80. The van der Waals surface area contributed by atoms with Crippen LogP contribution in [0, 0.1) is 42.3 Å². The summed E-state index contributed by atoms with van der Waals surface area (Å²) in [4.78, 5) is 0. The monoisotopic (exact) mass is 482 g/mol. The SMILES string of the molecule is [CH2-][C+]1CCC(C2CCC(CCCCC3CCC(c4ccc(OCCCC)c(F)c4)CC3)CC2)CC1. The molecule has 3 fully saturated rings. The van der Waals surface area contributed by atoms with Crippen molar-refractivity contribution in [1.29, 1.82) is 0 Å². The fourth-order valence-electron chi connectivity index (χ4n) is 7.33. The Bertz CT molecular complexity index is 721. The van der Waals surface area contributed by atoms with Crippen LogP contribution in [0.1, 0.15) is 134 Å². The molecule has 3 saturated carbocycles. The topological polar surface area (TPSA) is 9.23 Å². The van der Waals surface area contributed by atoms with E-state index in [2.05, 4.69) is 19.9 Å². The zero-order valence-corrected chi connectivity index (χ0v) is 22.5. The third kappa shape index (κ3) is 8.16. The van der Waals surface area contributed by atoms with Crippen molar-refractivity contribution < 1.29 is 9.13 Å². The van der Waals surface area contributed by atoms with Crippen molar-refractivity contribution in [3.8, 4) is 5.75 Å². The van der Waals surface area contributed by atoms with Crippen molar-refractivity contribution in [1.82, 2.24) is 0 Å². The van der Waals surface area contributed by atoms with Gasteiger partial charge in [-0.25, -0.2) is 4.39 Å². The summed E-state index contributed by atoms with van der Waals surface area (Å²) in [6.45, 7) is 6.93. The van der Waals surface area contributed by atoms with Crippen molar-refractivity contribution in [2.45, 2.75) is 128 Å². The van der Waals surface area contributed by atoms with E-state index in [-0.39, 0.29) is 5.82 Å². The standard InChI is InChI=1S/C33H51FO/c1-3-4-23-35-33-22-21-31(24-32(33)34)30-19-13-27(14-20-30)8-6-5-7-26-11-17-29(18-12-26)28-15-9-25(2)10-16-28/h21-22,24,26-30H,2-20,23H2,1H3. The van der Waals surface area contributed by atoms with Crippen LogP contribution in [0.5, 0.6) is 5.75 Å². The molecule has 0 amide bonds. The highest BCUT2D eigenvalue weighted by atomic mass is 19.1. The first kappa shape index (κ1) is 26.9. The van der Waals surface area contributed by atoms with Gasteiger partial charge in [0, 0.05) is 0 Å².